The molecule has 0 aliphatic heterocycles. The second kappa shape index (κ2) is 9.90. The summed E-state index contributed by atoms with van der Waals surface area (Å²) in [6.07, 6.45) is 0. The minimum Gasteiger partial charge on any atom is -0.395 e. The molecule has 0 radical (unpaired) electrons. The molecule has 1 aromatic rings. The van der Waals surface area contributed by atoms with Crippen LogP contribution in [0.3, 0.4) is 0 Å². The highest BCUT2D eigenvalue weighted by atomic mass is 79.9. The lowest BCUT2D eigenvalue weighted by Crippen LogP contribution is -2.13. The lowest BCUT2D eigenvalue weighted by atomic mass is 10.2. The summed E-state index contributed by atoms with van der Waals surface area (Å²) in [7, 11) is 0. The molecule has 0 amide bonds. The quantitative estimate of drug-likeness (QED) is 0.421. The maximum Gasteiger partial charge on any atom is 0.142 e. The van der Waals surface area contributed by atoms with Crippen LogP contribution in [-0.4, -0.2) is 23.7 Å². The molecule has 1 rings (SSSR count). The van der Waals surface area contributed by atoms with Crippen molar-refractivity contribution in [2.45, 2.75) is 6.54 Å². The zero-order valence-electron chi connectivity index (χ0n) is 8.92. The van der Waals surface area contributed by atoms with Gasteiger partial charge in [0.15, 0.2) is 0 Å². The fourth-order valence-corrected chi connectivity index (χ4v) is 1.84. The van der Waals surface area contributed by atoms with Crippen LogP contribution in [0.4, 0.5) is 4.39 Å². The van der Waals surface area contributed by atoms with Crippen LogP contribution in [0.5, 0.6) is 0 Å². The SMILES string of the molecule is NCc1c(Br)ccc(Br)c1F.OCCNC=S. The maximum atomic E-state index is 13.1. The molecule has 0 saturated carbocycles. The van der Waals surface area contributed by atoms with E-state index >= 15 is 0 Å². The number of nitrogens with two attached hydrogens (primary N) is 1. The van der Waals surface area contributed by atoms with Gasteiger partial charge in [-0.25, -0.2) is 4.39 Å². The Labute approximate surface area is 122 Å². The second-order valence-electron chi connectivity index (χ2n) is 2.82. The van der Waals surface area contributed by atoms with Crippen LogP contribution in [0.15, 0.2) is 21.1 Å². The van der Waals surface area contributed by atoms with Gasteiger partial charge in [0.2, 0.25) is 0 Å². The number of rotatable bonds is 4. The molecule has 0 aliphatic rings. The van der Waals surface area contributed by atoms with E-state index in [-0.39, 0.29) is 19.0 Å². The second-order valence-corrected chi connectivity index (χ2v) is 4.77. The van der Waals surface area contributed by atoms with Crippen molar-refractivity contribution in [1.29, 1.82) is 0 Å². The van der Waals surface area contributed by atoms with Crippen molar-refractivity contribution in [2.24, 2.45) is 5.73 Å². The Morgan fingerprint density at radius 2 is 2.00 bits per heavy atom. The van der Waals surface area contributed by atoms with Crippen molar-refractivity contribution in [1.82, 2.24) is 5.32 Å². The van der Waals surface area contributed by atoms with Gasteiger partial charge in [-0.15, -0.1) is 0 Å². The molecule has 0 heterocycles. The summed E-state index contributed by atoms with van der Waals surface area (Å²) in [5, 5.41) is 10.7. The van der Waals surface area contributed by atoms with Crippen LogP contribution in [0.25, 0.3) is 0 Å². The third-order valence-corrected chi connectivity index (χ3v) is 3.20. The lowest BCUT2D eigenvalue weighted by molar-refractivity contribution is 0.301. The van der Waals surface area contributed by atoms with Gasteiger partial charge < -0.3 is 16.2 Å². The average Bonchev–Trinajstić information content (AvgIpc) is 2.33. The van der Waals surface area contributed by atoms with E-state index in [1.807, 2.05) is 0 Å². The Hall–Kier alpha value is -0.0800. The van der Waals surface area contributed by atoms with Gasteiger partial charge in [0.25, 0.3) is 0 Å². The van der Waals surface area contributed by atoms with Gasteiger partial charge in [-0.1, -0.05) is 28.1 Å². The number of hydrogen-bond acceptors (Lipinski definition) is 3. The topological polar surface area (TPSA) is 58.3 Å². The molecule has 0 aromatic heterocycles. The zero-order chi connectivity index (χ0) is 13.3. The molecule has 4 N–H and O–H groups in total. The minimum absolute atomic E-state index is 0.146. The van der Waals surface area contributed by atoms with Gasteiger partial charge in [0, 0.05) is 23.1 Å². The molecule has 0 atom stereocenters. The standard InChI is InChI=1S/C7H6Br2FN.C3H7NOS/c8-5-1-2-6(9)7(10)4(5)3-11;5-2-1-4-3-6/h1-2H,3,11H2;3,5H,1-2H2,(H,4,6). The van der Waals surface area contributed by atoms with Crippen LogP contribution in [0.1, 0.15) is 5.56 Å². The molecule has 0 aliphatic carbocycles. The molecular weight excluding hydrogens is 375 g/mol. The first kappa shape index (κ1) is 16.9. The fourth-order valence-electron chi connectivity index (χ4n) is 0.880. The molecule has 0 spiro atoms. The van der Waals surface area contributed by atoms with E-state index in [9.17, 15) is 4.39 Å². The molecular formula is C10H13Br2FN2OS. The van der Waals surface area contributed by atoms with E-state index in [0.29, 0.717) is 21.1 Å². The largest absolute Gasteiger partial charge is 0.395 e. The molecule has 1 aromatic carbocycles. The summed E-state index contributed by atoms with van der Waals surface area (Å²) in [4.78, 5) is 0. The van der Waals surface area contributed by atoms with Gasteiger partial charge >= 0.3 is 0 Å². The maximum absolute atomic E-state index is 13.1. The molecule has 3 nitrogen and oxygen atoms in total. The number of nitrogens with one attached hydrogen (secondary N) is 1. The Balaban J connectivity index is 0.000000366. The van der Waals surface area contributed by atoms with E-state index in [4.69, 9.17) is 10.8 Å². The molecule has 0 unspecified atom stereocenters. The van der Waals surface area contributed by atoms with Crippen LogP contribution in [0.2, 0.25) is 0 Å². The average molecular weight is 388 g/mol. The highest BCUT2D eigenvalue weighted by Gasteiger charge is 2.07. The van der Waals surface area contributed by atoms with Gasteiger partial charge in [-0.3, -0.25) is 0 Å². The highest BCUT2D eigenvalue weighted by molar-refractivity contribution is 9.11. The first-order chi connectivity index (χ1) is 8.08. The minimum atomic E-state index is -0.290. The predicted molar refractivity (Wildman–Crippen MR) is 78.4 cm³/mol. The summed E-state index contributed by atoms with van der Waals surface area (Å²) < 4.78 is 14.3. The summed E-state index contributed by atoms with van der Waals surface area (Å²) >= 11 is 10.6. The van der Waals surface area contributed by atoms with E-state index in [1.54, 1.807) is 12.1 Å². The van der Waals surface area contributed by atoms with Crippen LogP contribution < -0.4 is 11.1 Å². The van der Waals surface area contributed by atoms with Gasteiger partial charge in [-0.2, -0.15) is 0 Å². The van der Waals surface area contributed by atoms with Crippen molar-refractivity contribution in [2.75, 3.05) is 13.2 Å². The molecule has 0 saturated heterocycles. The van der Waals surface area contributed by atoms with Gasteiger partial charge in [0.05, 0.1) is 16.6 Å². The summed E-state index contributed by atoms with van der Waals surface area (Å²) in [5.74, 6) is -0.290. The Morgan fingerprint density at radius 1 is 1.41 bits per heavy atom. The summed E-state index contributed by atoms with van der Waals surface area (Å²) in [6.45, 7) is 0.905. The number of benzene rings is 1. The first-order valence-corrected chi connectivity index (χ1v) is 6.74. The smallest absolute Gasteiger partial charge is 0.142 e. The van der Waals surface area contributed by atoms with E-state index in [1.165, 1.54) is 5.49 Å². The van der Waals surface area contributed by atoms with Gasteiger partial charge in [-0.05, 0) is 28.1 Å². The number of halogens is 3. The van der Waals surface area contributed by atoms with Crippen molar-refractivity contribution in [3.8, 4) is 0 Å². The van der Waals surface area contributed by atoms with Crippen molar-refractivity contribution in [3.05, 3.63) is 32.5 Å². The zero-order valence-corrected chi connectivity index (χ0v) is 12.9. The third kappa shape index (κ3) is 6.42. The number of thiocarbonyl (C=S) groups is 1. The molecule has 17 heavy (non-hydrogen) atoms. The molecule has 0 bridgehead atoms. The van der Waals surface area contributed by atoms with Gasteiger partial charge in [0.1, 0.15) is 5.82 Å². The highest BCUT2D eigenvalue weighted by Crippen LogP contribution is 2.25. The molecule has 96 valence electrons. The lowest BCUT2D eigenvalue weighted by Gasteiger charge is -2.03. The van der Waals surface area contributed by atoms with Crippen molar-refractivity contribution < 1.29 is 9.50 Å². The Kier molecular flexibility index (Phi) is 9.85. The van der Waals surface area contributed by atoms with Crippen molar-refractivity contribution >= 4 is 49.6 Å². The normalized spacial score (nSPS) is 9.24. The number of hydrogen-bond donors (Lipinski definition) is 3. The van der Waals surface area contributed by atoms with E-state index in [2.05, 4.69) is 49.4 Å². The first-order valence-electron chi connectivity index (χ1n) is 4.68. The predicted octanol–water partition coefficient (Wildman–Crippen LogP) is 2.33. The molecule has 0 fully saturated rings. The number of aliphatic hydroxyl groups is 1. The van der Waals surface area contributed by atoms with E-state index < -0.39 is 0 Å². The van der Waals surface area contributed by atoms with Crippen LogP contribution in [0, 0.1) is 5.82 Å². The Bertz CT molecular complexity index is 366. The van der Waals surface area contributed by atoms with E-state index in [0.717, 1.165) is 0 Å². The monoisotopic (exact) mass is 386 g/mol. The number of aliphatic hydroxyl groups excluding tert-OH is 1. The Morgan fingerprint density at radius 3 is 2.35 bits per heavy atom. The molecule has 7 heteroatoms. The van der Waals surface area contributed by atoms with Crippen molar-refractivity contribution in [3.63, 3.8) is 0 Å². The fraction of sp³-hybridized carbons (Fsp3) is 0.300. The summed E-state index contributed by atoms with van der Waals surface area (Å²) in [6, 6.07) is 3.40. The summed E-state index contributed by atoms with van der Waals surface area (Å²) in [5.41, 5.74) is 7.21. The van der Waals surface area contributed by atoms with Crippen LogP contribution >= 0.6 is 44.1 Å². The third-order valence-electron chi connectivity index (χ3n) is 1.68. The van der Waals surface area contributed by atoms with Crippen LogP contribution in [-0.2, 0) is 6.54 Å².